The van der Waals surface area contributed by atoms with E-state index in [4.69, 9.17) is 0 Å². The average molecular weight is 259 g/mol. The molecule has 1 aliphatic rings. The minimum absolute atomic E-state index is 0.374. The van der Waals surface area contributed by atoms with Crippen molar-refractivity contribution in [1.29, 1.82) is 0 Å². The van der Waals surface area contributed by atoms with Gasteiger partial charge in [-0.05, 0) is 48.8 Å². The number of rotatable bonds is 4. The molecule has 1 aromatic rings. The third-order valence-corrected chi connectivity index (χ3v) is 4.93. The average Bonchev–Trinajstić information content (AvgIpc) is 2.28. The quantitative estimate of drug-likeness (QED) is 0.850. The lowest BCUT2D eigenvalue weighted by Crippen LogP contribution is -2.52. The molecule has 0 saturated heterocycles. The molecule has 2 rings (SSSR count). The number of hydrogen-bond acceptors (Lipinski definition) is 1. The van der Waals surface area contributed by atoms with Crippen LogP contribution in [0.5, 0.6) is 0 Å². The molecule has 1 N–H and O–H groups in total. The largest absolute Gasteiger partial charge is 0.316 e. The van der Waals surface area contributed by atoms with Crippen LogP contribution in [0.1, 0.15) is 51.7 Å². The van der Waals surface area contributed by atoms with Crippen LogP contribution >= 0.6 is 0 Å². The lowest BCUT2D eigenvalue weighted by molar-refractivity contribution is 0.0448. The van der Waals surface area contributed by atoms with Crippen LogP contribution in [0.4, 0.5) is 0 Å². The Morgan fingerprint density at radius 3 is 2.37 bits per heavy atom. The van der Waals surface area contributed by atoms with E-state index in [9.17, 15) is 0 Å². The van der Waals surface area contributed by atoms with Crippen LogP contribution in [0.15, 0.2) is 24.3 Å². The van der Waals surface area contributed by atoms with Gasteiger partial charge in [0, 0.05) is 12.0 Å². The summed E-state index contributed by atoms with van der Waals surface area (Å²) in [5, 5.41) is 3.59. The van der Waals surface area contributed by atoms with Crippen molar-refractivity contribution in [2.45, 2.75) is 52.9 Å². The van der Waals surface area contributed by atoms with Crippen molar-refractivity contribution in [3.63, 3.8) is 0 Å². The Bertz CT molecular complexity index is 422. The van der Waals surface area contributed by atoms with Crippen LogP contribution < -0.4 is 5.32 Å². The molecule has 1 aromatic carbocycles. The molecule has 0 aromatic heterocycles. The van der Waals surface area contributed by atoms with Gasteiger partial charge in [0.15, 0.2) is 0 Å². The summed E-state index contributed by atoms with van der Waals surface area (Å²) in [6.07, 6.45) is 2.66. The Balaban J connectivity index is 2.22. The van der Waals surface area contributed by atoms with E-state index in [0.29, 0.717) is 10.8 Å². The minimum atomic E-state index is 0.374. The Hall–Kier alpha value is -0.820. The summed E-state index contributed by atoms with van der Waals surface area (Å²) in [7, 11) is 0. The molecule has 1 aliphatic carbocycles. The van der Waals surface area contributed by atoms with Crippen molar-refractivity contribution in [3.8, 4) is 0 Å². The van der Waals surface area contributed by atoms with Crippen LogP contribution in [-0.4, -0.2) is 13.1 Å². The van der Waals surface area contributed by atoms with E-state index in [1.54, 1.807) is 5.56 Å². The number of aryl methyl sites for hydroxylation is 1. The second kappa shape index (κ2) is 5.28. The number of benzene rings is 1. The summed E-state index contributed by atoms with van der Waals surface area (Å²) in [6.45, 7) is 13.8. The highest BCUT2D eigenvalue weighted by atomic mass is 14.9. The Morgan fingerprint density at radius 2 is 1.84 bits per heavy atom. The van der Waals surface area contributed by atoms with Gasteiger partial charge >= 0.3 is 0 Å². The van der Waals surface area contributed by atoms with Gasteiger partial charge in [-0.1, -0.05) is 52.0 Å². The topological polar surface area (TPSA) is 12.0 Å². The second-order valence-corrected chi connectivity index (χ2v) is 7.35. The third-order valence-electron chi connectivity index (χ3n) is 4.93. The van der Waals surface area contributed by atoms with E-state index in [1.165, 1.54) is 18.4 Å². The smallest absolute Gasteiger partial charge is 0.00860 e. The van der Waals surface area contributed by atoms with Crippen molar-refractivity contribution >= 4 is 0 Å². The van der Waals surface area contributed by atoms with E-state index >= 15 is 0 Å². The molecule has 0 radical (unpaired) electrons. The van der Waals surface area contributed by atoms with Gasteiger partial charge in [-0.3, -0.25) is 0 Å². The maximum Gasteiger partial charge on any atom is 0.00860 e. The van der Waals surface area contributed by atoms with E-state index in [-0.39, 0.29) is 0 Å². The van der Waals surface area contributed by atoms with Crippen LogP contribution in [-0.2, 0) is 5.41 Å². The molecule has 1 nitrogen and oxygen atoms in total. The fourth-order valence-corrected chi connectivity index (χ4v) is 3.49. The fourth-order valence-electron chi connectivity index (χ4n) is 3.49. The van der Waals surface area contributed by atoms with Gasteiger partial charge in [-0.2, -0.15) is 0 Å². The van der Waals surface area contributed by atoms with Crippen LogP contribution in [0, 0.1) is 18.3 Å². The van der Waals surface area contributed by atoms with Gasteiger partial charge in [0.1, 0.15) is 0 Å². The predicted molar refractivity (Wildman–Crippen MR) is 83.6 cm³/mol. The van der Waals surface area contributed by atoms with Gasteiger partial charge < -0.3 is 5.32 Å². The normalized spacial score (nSPS) is 27.1. The number of likely N-dealkylation sites (N-methyl/N-ethyl adjacent to an activating group) is 1. The number of nitrogens with one attached hydrogen (secondary N) is 1. The molecule has 0 bridgehead atoms. The molecular weight excluding hydrogens is 230 g/mol. The highest BCUT2D eigenvalue weighted by molar-refractivity contribution is 5.36. The van der Waals surface area contributed by atoms with Crippen molar-refractivity contribution in [2.75, 3.05) is 13.1 Å². The molecule has 0 heterocycles. The summed E-state index contributed by atoms with van der Waals surface area (Å²) in [4.78, 5) is 0. The zero-order chi connectivity index (χ0) is 14.1. The zero-order valence-corrected chi connectivity index (χ0v) is 13.2. The summed E-state index contributed by atoms with van der Waals surface area (Å²) >= 11 is 0. The lowest BCUT2D eigenvalue weighted by atomic mass is 9.52. The third kappa shape index (κ3) is 2.86. The van der Waals surface area contributed by atoms with Gasteiger partial charge in [0.05, 0.1) is 0 Å². The first kappa shape index (κ1) is 14.6. The highest BCUT2D eigenvalue weighted by Gasteiger charge is 2.49. The molecule has 19 heavy (non-hydrogen) atoms. The van der Waals surface area contributed by atoms with Crippen LogP contribution in [0.3, 0.4) is 0 Å². The second-order valence-electron chi connectivity index (χ2n) is 7.35. The number of hydrogen-bond donors (Lipinski definition) is 1. The molecule has 0 amide bonds. The predicted octanol–water partition coefficient (Wildman–Crippen LogP) is 4.30. The Kier molecular flexibility index (Phi) is 4.06. The molecular formula is C18H29N. The molecule has 0 spiro atoms. The first-order valence-electron chi connectivity index (χ1n) is 7.66. The summed E-state index contributed by atoms with van der Waals surface area (Å²) in [5.74, 6) is 0.853. The minimum Gasteiger partial charge on any atom is -0.316 e. The molecule has 0 atom stereocenters. The van der Waals surface area contributed by atoms with Crippen LogP contribution in [0.25, 0.3) is 0 Å². The fraction of sp³-hybridized carbons (Fsp3) is 0.667. The van der Waals surface area contributed by atoms with Crippen molar-refractivity contribution in [2.24, 2.45) is 11.3 Å². The highest BCUT2D eigenvalue weighted by Crippen LogP contribution is 2.54. The van der Waals surface area contributed by atoms with Gasteiger partial charge in [-0.15, -0.1) is 0 Å². The van der Waals surface area contributed by atoms with E-state index in [2.05, 4.69) is 64.2 Å². The van der Waals surface area contributed by atoms with E-state index < -0.39 is 0 Å². The maximum atomic E-state index is 3.59. The van der Waals surface area contributed by atoms with Gasteiger partial charge in [0.2, 0.25) is 0 Å². The Morgan fingerprint density at radius 1 is 1.21 bits per heavy atom. The van der Waals surface area contributed by atoms with Crippen molar-refractivity contribution < 1.29 is 0 Å². The molecule has 106 valence electrons. The summed E-state index contributed by atoms with van der Waals surface area (Å²) < 4.78 is 0. The van der Waals surface area contributed by atoms with Gasteiger partial charge in [0.25, 0.3) is 0 Å². The Labute approximate surface area is 118 Å². The van der Waals surface area contributed by atoms with E-state index in [0.717, 1.165) is 19.0 Å². The molecule has 1 fully saturated rings. The van der Waals surface area contributed by atoms with E-state index in [1.807, 2.05) is 0 Å². The molecule has 1 saturated carbocycles. The SMILES string of the molecule is CCNCC1(c2ccccc2C)CC(C(C)(C)C)C1. The zero-order valence-electron chi connectivity index (χ0n) is 13.2. The standard InChI is InChI=1S/C18H29N/c1-6-19-13-18(11-15(12-18)17(3,4)5)16-10-8-7-9-14(16)2/h7-10,15,19H,6,11-13H2,1-5H3. The molecule has 0 aliphatic heterocycles. The van der Waals surface area contributed by atoms with Crippen molar-refractivity contribution in [1.82, 2.24) is 5.32 Å². The van der Waals surface area contributed by atoms with Gasteiger partial charge in [-0.25, -0.2) is 0 Å². The molecule has 1 heteroatoms. The maximum absolute atomic E-state index is 3.59. The molecule has 0 unspecified atom stereocenters. The first-order valence-corrected chi connectivity index (χ1v) is 7.66. The summed E-state index contributed by atoms with van der Waals surface area (Å²) in [5.41, 5.74) is 3.83. The first-order chi connectivity index (χ1) is 8.89. The van der Waals surface area contributed by atoms with Crippen LogP contribution in [0.2, 0.25) is 0 Å². The monoisotopic (exact) mass is 259 g/mol. The summed E-state index contributed by atoms with van der Waals surface area (Å²) in [6, 6.07) is 8.94. The van der Waals surface area contributed by atoms with Crippen molar-refractivity contribution in [3.05, 3.63) is 35.4 Å². The lowest BCUT2D eigenvalue weighted by Gasteiger charge is -2.54.